The number of carbonyl (C=O) groups is 1. The molecule has 1 aromatic carbocycles. The van der Waals surface area contributed by atoms with Crippen molar-refractivity contribution in [3.63, 3.8) is 0 Å². The predicted molar refractivity (Wildman–Crippen MR) is 70.7 cm³/mol. The summed E-state index contributed by atoms with van der Waals surface area (Å²) in [6.45, 7) is 1.49. The van der Waals surface area contributed by atoms with Crippen LogP contribution >= 0.6 is 11.6 Å². The second kappa shape index (κ2) is 5.46. The Morgan fingerprint density at radius 2 is 2.10 bits per heavy atom. The van der Waals surface area contributed by atoms with Crippen LogP contribution in [0.5, 0.6) is 0 Å². The van der Waals surface area contributed by atoms with Crippen LogP contribution in [0.1, 0.15) is 18.9 Å². The van der Waals surface area contributed by atoms with Crippen molar-refractivity contribution in [1.82, 2.24) is 5.01 Å². The van der Waals surface area contributed by atoms with E-state index < -0.39 is 18.1 Å². The molecule has 0 aliphatic carbocycles. The van der Waals surface area contributed by atoms with E-state index in [1.807, 2.05) is 0 Å². The Hall–Kier alpha value is -1.53. The van der Waals surface area contributed by atoms with Gasteiger partial charge in [-0.15, -0.1) is 0 Å². The minimum atomic E-state index is -3.09. The van der Waals surface area contributed by atoms with Crippen molar-refractivity contribution >= 4 is 23.2 Å². The summed E-state index contributed by atoms with van der Waals surface area (Å²) in [5.74, 6) is -0.688. The number of nitrogens with zero attached hydrogens (tertiary/aromatic N) is 2. The van der Waals surface area contributed by atoms with E-state index in [2.05, 4.69) is 5.10 Å². The second-order valence-electron chi connectivity index (χ2n) is 4.70. The number of carbonyl (C=O) groups excluding carboxylic acids is 1. The van der Waals surface area contributed by atoms with E-state index in [4.69, 9.17) is 11.6 Å². The van der Waals surface area contributed by atoms with Gasteiger partial charge < -0.3 is 5.11 Å². The number of rotatable bonds is 3. The molecule has 0 radical (unpaired) electrons. The fourth-order valence-electron chi connectivity index (χ4n) is 2.04. The van der Waals surface area contributed by atoms with Gasteiger partial charge in [0.15, 0.2) is 0 Å². The Bertz CT molecular complexity index is 548. The highest BCUT2D eigenvalue weighted by atomic mass is 35.5. The lowest BCUT2D eigenvalue weighted by Crippen LogP contribution is -2.51. The molecule has 2 rings (SSSR count). The Kier molecular flexibility index (Phi) is 4.06. The molecular weight excluding hydrogens is 290 g/mol. The topological polar surface area (TPSA) is 52.9 Å². The monoisotopic (exact) mass is 302 g/mol. The van der Waals surface area contributed by atoms with Gasteiger partial charge in [0.1, 0.15) is 0 Å². The number of amides is 1. The highest BCUT2D eigenvalue weighted by Gasteiger charge is 2.50. The molecule has 1 aliphatic rings. The normalized spacial score (nSPS) is 22.3. The van der Waals surface area contributed by atoms with Crippen LogP contribution in [0.15, 0.2) is 29.4 Å². The third-order valence-electron chi connectivity index (χ3n) is 3.01. The van der Waals surface area contributed by atoms with Crippen LogP contribution in [0.4, 0.5) is 8.78 Å². The van der Waals surface area contributed by atoms with Gasteiger partial charge in [0.25, 0.3) is 6.43 Å². The number of benzene rings is 1. The average molecular weight is 303 g/mol. The van der Waals surface area contributed by atoms with Crippen LogP contribution in [0.3, 0.4) is 0 Å². The third-order valence-corrected chi connectivity index (χ3v) is 3.26. The molecule has 1 amide bonds. The van der Waals surface area contributed by atoms with Gasteiger partial charge in [0.2, 0.25) is 11.6 Å². The summed E-state index contributed by atoms with van der Waals surface area (Å²) in [6, 6.07) is 6.44. The number of aliphatic hydroxyl groups is 1. The summed E-state index contributed by atoms with van der Waals surface area (Å²) in [5, 5.41) is 14.6. The third kappa shape index (κ3) is 2.81. The summed E-state index contributed by atoms with van der Waals surface area (Å²) < 4.78 is 25.9. The molecule has 1 aliphatic heterocycles. The van der Waals surface area contributed by atoms with Crippen molar-refractivity contribution in [1.29, 1.82) is 0 Å². The number of alkyl halides is 2. The lowest BCUT2D eigenvalue weighted by Gasteiger charge is -2.30. The Balaban J connectivity index is 2.17. The summed E-state index contributed by atoms with van der Waals surface area (Å²) in [4.78, 5) is 12.1. The van der Waals surface area contributed by atoms with Crippen molar-refractivity contribution in [2.75, 3.05) is 0 Å². The van der Waals surface area contributed by atoms with Crippen molar-refractivity contribution in [3.05, 3.63) is 34.9 Å². The summed E-state index contributed by atoms with van der Waals surface area (Å²) in [5.41, 5.74) is -1.65. The smallest absolute Gasteiger partial charge is 0.287 e. The quantitative estimate of drug-likeness (QED) is 0.932. The number of hydrogen-bond acceptors (Lipinski definition) is 3. The van der Waals surface area contributed by atoms with Crippen LogP contribution < -0.4 is 0 Å². The molecule has 7 heteroatoms. The van der Waals surface area contributed by atoms with Gasteiger partial charge in [0, 0.05) is 17.2 Å². The molecule has 1 heterocycles. The maximum absolute atomic E-state index is 13.0. The highest BCUT2D eigenvalue weighted by Crippen LogP contribution is 2.31. The minimum absolute atomic E-state index is 0.136. The predicted octanol–water partition coefficient (Wildman–Crippen LogP) is 2.44. The standard InChI is InChI=1S/C13H13ClF2N2O2/c1-8-7-13(20,12(15)16)18(17-8)11(19)6-9-2-4-10(14)5-3-9/h2-5,12,20H,6-7H2,1H3/t13-/m1/s1. The average Bonchev–Trinajstić information content (AvgIpc) is 2.69. The molecule has 0 spiro atoms. The zero-order valence-electron chi connectivity index (χ0n) is 10.7. The van der Waals surface area contributed by atoms with E-state index in [0.717, 1.165) is 0 Å². The first-order valence-corrected chi connectivity index (χ1v) is 6.33. The number of hydrogen-bond donors (Lipinski definition) is 1. The molecule has 0 unspecified atom stereocenters. The lowest BCUT2D eigenvalue weighted by molar-refractivity contribution is -0.191. The number of hydrazone groups is 1. The van der Waals surface area contributed by atoms with Crippen molar-refractivity contribution in [2.24, 2.45) is 5.10 Å². The van der Waals surface area contributed by atoms with Gasteiger partial charge in [-0.25, -0.2) is 8.78 Å². The van der Waals surface area contributed by atoms with Crippen LogP contribution in [0, 0.1) is 0 Å². The lowest BCUT2D eigenvalue weighted by atomic mass is 10.1. The van der Waals surface area contributed by atoms with Crippen LogP contribution in [-0.4, -0.2) is 33.9 Å². The molecule has 4 nitrogen and oxygen atoms in total. The van der Waals surface area contributed by atoms with Gasteiger partial charge in [-0.2, -0.15) is 10.1 Å². The fraction of sp³-hybridized carbons (Fsp3) is 0.385. The maximum atomic E-state index is 13.0. The SMILES string of the molecule is CC1=NN(C(=O)Cc2ccc(Cl)cc2)[C@](O)(C(F)F)C1. The molecule has 1 aromatic rings. The van der Waals surface area contributed by atoms with Crippen molar-refractivity contribution in [3.8, 4) is 0 Å². The summed E-state index contributed by atoms with van der Waals surface area (Å²) in [6.07, 6.45) is -3.57. The first-order valence-electron chi connectivity index (χ1n) is 5.95. The Morgan fingerprint density at radius 1 is 1.50 bits per heavy atom. The van der Waals surface area contributed by atoms with Crippen LogP contribution in [0.25, 0.3) is 0 Å². The zero-order chi connectivity index (χ0) is 14.9. The van der Waals surface area contributed by atoms with E-state index in [1.165, 1.54) is 6.92 Å². The largest absolute Gasteiger partial charge is 0.364 e. The van der Waals surface area contributed by atoms with Gasteiger partial charge in [-0.3, -0.25) is 4.79 Å². The van der Waals surface area contributed by atoms with E-state index in [0.29, 0.717) is 15.6 Å². The molecule has 0 bridgehead atoms. The maximum Gasteiger partial charge on any atom is 0.287 e. The van der Waals surface area contributed by atoms with E-state index in [9.17, 15) is 18.7 Å². The second-order valence-corrected chi connectivity index (χ2v) is 5.14. The first kappa shape index (κ1) is 14.9. The molecule has 0 aromatic heterocycles. The van der Waals surface area contributed by atoms with Gasteiger partial charge in [0.05, 0.1) is 6.42 Å². The molecule has 108 valence electrons. The van der Waals surface area contributed by atoms with E-state index in [1.54, 1.807) is 24.3 Å². The van der Waals surface area contributed by atoms with E-state index in [-0.39, 0.29) is 18.6 Å². The van der Waals surface area contributed by atoms with Gasteiger partial charge >= 0.3 is 0 Å². The minimum Gasteiger partial charge on any atom is -0.364 e. The molecule has 20 heavy (non-hydrogen) atoms. The molecule has 0 saturated carbocycles. The molecule has 0 saturated heterocycles. The van der Waals surface area contributed by atoms with Crippen molar-refractivity contribution in [2.45, 2.75) is 31.9 Å². The molecular formula is C13H13ClF2N2O2. The molecule has 1 atom stereocenters. The van der Waals surface area contributed by atoms with Crippen LogP contribution in [0.2, 0.25) is 5.02 Å². The Morgan fingerprint density at radius 3 is 2.65 bits per heavy atom. The zero-order valence-corrected chi connectivity index (χ0v) is 11.4. The molecule has 1 N–H and O–H groups in total. The summed E-state index contributed by atoms with van der Waals surface area (Å²) in [7, 11) is 0. The number of halogens is 3. The highest BCUT2D eigenvalue weighted by molar-refractivity contribution is 6.30. The molecule has 0 fully saturated rings. The van der Waals surface area contributed by atoms with Gasteiger partial charge in [-0.1, -0.05) is 23.7 Å². The summed E-state index contributed by atoms with van der Waals surface area (Å²) >= 11 is 5.72. The van der Waals surface area contributed by atoms with Crippen molar-refractivity contribution < 1.29 is 18.7 Å². The fourth-order valence-corrected chi connectivity index (χ4v) is 2.16. The Labute approximate surface area is 119 Å². The van der Waals surface area contributed by atoms with E-state index >= 15 is 0 Å². The van der Waals surface area contributed by atoms with Gasteiger partial charge in [-0.05, 0) is 24.6 Å². The first-order chi connectivity index (χ1) is 9.33. The van der Waals surface area contributed by atoms with Crippen LogP contribution in [-0.2, 0) is 11.2 Å².